The summed E-state index contributed by atoms with van der Waals surface area (Å²) in [6.07, 6.45) is 0. The summed E-state index contributed by atoms with van der Waals surface area (Å²) in [4.78, 5) is 1.55. The van der Waals surface area contributed by atoms with Gasteiger partial charge in [-0.2, -0.15) is 5.26 Å². The highest BCUT2D eigenvalue weighted by Gasteiger charge is 2.06. The van der Waals surface area contributed by atoms with Crippen molar-refractivity contribution in [3.05, 3.63) is 23.1 Å². The van der Waals surface area contributed by atoms with Gasteiger partial charge < -0.3 is 4.74 Å². The molecule has 0 saturated heterocycles. The molecule has 1 aromatic carbocycles. The molecule has 0 N–H and O–H groups in total. The van der Waals surface area contributed by atoms with Crippen molar-refractivity contribution in [1.82, 2.24) is 0 Å². The highest BCUT2D eigenvalue weighted by Crippen LogP contribution is 2.34. The number of ether oxygens (including phenoxy) is 1. The standard InChI is InChI=1S/C10H7NOS2/c1-12-7-2-6-3-8(5-11)14-10(6)9(13)4-7/h2-4,13H,1H3. The molecule has 0 unspecified atom stereocenters. The minimum atomic E-state index is 0.698. The first-order valence-electron chi connectivity index (χ1n) is 3.95. The van der Waals surface area contributed by atoms with Gasteiger partial charge in [0, 0.05) is 9.60 Å². The molecule has 0 bridgehead atoms. The summed E-state index contributed by atoms with van der Waals surface area (Å²) in [5, 5.41) is 9.77. The first-order chi connectivity index (χ1) is 6.74. The van der Waals surface area contributed by atoms with Crippen LogP contribution in [0.15, 0.2) is 23.1 Å². The minimum absolute atomic E-state index is 0.698. The third-order valence-electron chi connectivity index (χ3n) is 1.92. The molecule has 0 fully saturated rings. The molecule has 0 aliphatic heterocycles. The van der Waals surface area contributed by atoms with E-state index in [0.717, 1.165) is 20.7 Å². The first-order valence-corrected chi connectivity index (χ1v) is 5.21. The zero-order chi connectivity index (χ0) is 10.1. The van der Waals surface area contributed by atoms with Crippen molar-refractivity contribution in [2.45, 2.75) is 4.90 Å². The third-order valence-corrected chi connectivity index (χ3v) is 3.51. The second kappa shape index (κ2) is 3.52. The van der Waals surface area contributed by atoms with Gasteiger partial charge >= 0.3 is 0 Å². The normalized spacial score (nSPS) is 10.1. The Morgan fingerprint density at radius 3 is 2.86 bits per heavy atom. The summed E-state index contributed by atoms with van der Waals surface area (Å²) in [5.41, 5.74) is 0. The summed E-state index contributed by atoms with van der Waals surface area (Å²) >= 11 is 5.80. The van der Waals surface area contributed by atoms with Crippen molar-refractivity contribution in [3.63, 3.8) is 0 Å². The Labute approximate surface area is 91.1 Å². The Hall–Kier alpha value is -1.18. The second-order valence-corrected chi connectivity index (χ2v) is 4.32. The zero-order valence-electron chi connectivity index (χ0n) is 7.44. The van der Waals surface area contributed by atoms with E-state index in [1.807, 2.05) is 18.2 Å². The smallest absolute Gasteiger partial charge is 0.120 e. The van der Waals surface area contributed by atoms with E-state index in [1.54, 1.807) is 7.11 Å². The van der Waals surface area contributed by atoms with Crippen LogP contribution in [0.2, 0.25) is 0 Å². The lowest BCUT2D eigenvalue weighted by Crippen LogP contribution is -1.81. The van der Waals surface area contributed by atoms with Gasteiger partial charge in [0.05, 0.1) is 7.11 Å². The Balaban J connectivity index is 2.75. The maximum absolute atomic E-state index is 8.76. The van der Waals surface area contributed by atoms with Crippen molar-refractivity contribution >= 4 is 34.1 Å². The summed E-state index contributed by atoms with van der Waals surface area (Å²) in [5.74, 6) is 0.768. The number of rotatable bonds is 1. The van der Waals surface area contributed by atoms with E-state index in [2.05, 4.69) is 18.7 Å². The Kier molecular flexibility index (Phi) is 2.36. The molecule has 0 aliphatic rings. The van der Waals surface area contributed by atoms with Gasteiger partial charge in [0.25, 0.3) is 0 Å². The van der Waals surface area contributed by atoms with Crippen LogP contribution in [0, 0.1) is 11.3 Å². The molecule has 2 nitrogen and oxygen atoms in total. The molecular weight excluding hydrogens is 214 g/mol. The lowest BCUT2D eigenvalue weighted by atomic mass is 10.2. The van der Waals surface area contributed by atoms with Crippen molar-refractivity contribution < 1.29 is 4.74 Å². The molecule has 2 rings (SSSR count). The molecule has 14 heavy (non-hydrogen) atoms. The molecule has 0 amide bonds. The number of thiol groups is 1. The van der Waals surface area contributed by atoms with Crippen LogP contribution in [0.1, 0.15) is 4.88 Å². The number of hydrogen-bond donors (Lipinski definition) is 1. The van der Waals surface area contributed by atoms with Crippen molar-refractivity contribution in [1.29, 1.82) is 5.26 Å². The van der Waals surface area contributed by atoms with E-state index in [0.29, 0.717) is 4.88 Å². The topological polar surface area (TPSA) is 33.0 Å². The van der Waals surface area contributed by atoms with E-state index >= 15 is 0 Å². The van der Waals surface area contributed by atoms with Gasteiger partial charge in [-0.05, 0) is 23.6 Å². The van der Waals surface area contributed by atoms with Gasteiger partial charge in [-0.15, -0.1) is 24.0 Å². The predicted molar refractivity (Wildman–Crippen MR) is 60.3 cm³/mol. The molecule has 4 heteroatoms. The maximum atomic E-state index is 8.76. The van der Waals surface area contributed by atoms with E-state index in [1.165, 1.54) is 11.3 Å². The van der Waals surface area contributed by atoms with Crippen LogP contribution in [-0.4, -0.2) is 7.11 Å². The average Bonchev–Trinajstić information content (AvgIpc) is 2.61. The van der Waals surface area contributed by atoms with Crippen molar-refractivity contribution in [2.24, 2.45) is 0 Å². The zero-order valence-corrected chi connectivity index (χ0v) is 9.15. The second-order valence-electron chi connectivity index (χ2n) is 2.79. The fraction of sp³-hybridized carbons (Fsp3) is 0.100. The number of hydrogen-bond acceptors (Lipinski definition) is 4. The van der Waals surface area contributed by atoms with Gasteiger partial charge in [-0.25, -0.2) is 0 Å². The van der Waals surface area contributed by atoms with Crippen LogP contribution < -0.4 is 4.74 Å². The average molecular weight is 221 g/mol. The fourth-order valence-corrected chi connectivity index (χ4v) is 2.52. The molecule has 1 heterocycles. The lowest BCUT2D eigenvalue weighted by molar-refractivity contribution is 0.414. The third kappa shape index (κ3) is 1.45. The lowest BCUT2D eigenvalue weighted by Gasteiger charge is -2.00. The highest BCUT2D eigenvalue weighted by atomic mass is 32.1. The van der Waals surface area contributed by atoms with Gasteiger partial charge in [0.1, 0.15) is 16.7 Å². The summed E-state index contributed by atoms with van der Waals surface area (Å²) in [6, 6.07) is 7.73. The highest BCUT2D eigenvalue weighted by molar-refractivity contribution is 7.80. The minimum Gasteiger partial charge on any atom is -0.497 e. The maximum Gasteiger partial charge on any atom is 0.120 e. The number of thiophene rings is 1. The monoisotopic (exact) mass is 221 g/mol. The van der Waals surface area contributed by atoms with Gasteiger partial charge in [-0.1, -0.05) is 0 Å². The predicted octanol–water partition coefficient (Wildman–Crippen LogP) is 3.07. The fourth-order valence-electron chi connectivity index (χ4n) is 1.28. The van der Waals surface area contributed by atoms with Crippen LogP contribution in [0.5, 0.6) is 5.75 Å². The van der Waals surface area contributed by atoms with Crippen molar-refractivity contribution in [2.75, 3.05) is 7.11 Å². The number of benzene rings is 1. The molecule has 0 saturated carbocycles. The Morgan fingerprint density at radius 1 is 1.43 bits per heavy atom. The molecule has 1 aromatic heterocycles. The molecule has 0 radical (unpaired) electrons. The summed E-state index contributed by atoms with van der Waals surface area (Å²) in [7, 11) is 1.62. The first kappa shape index (κ1) is 9.38. The van der Waals surface area contributed by atoms with E-state index < -0.39 is 0 Å². The van der Waals surface area contributed by atoms with E-state index in [9.17, 15) is 0 Å². The van der Waals surface area contributed by atoms with Crippen LogP contribution in [0.3, 0.4) is 0 Å². The molecule has 0 aliphatic carbocycles. The van der Waals surface area contributed by atoms with Gasteiger partial charge in [0.2, 0.25) is 0 Å². The van der Waals surface area contributed by atoms with Gasteiger partial charge in [0.15, 0.2) is 0 Å². The van der Waals surface area contributed by atoms with Crippen LogP contribution in [0.4, 0.5) is 0 Å². The SMILES string of the molecule is COc1cc(S)c2sc(C#N)cc2c1. The van der Waals surface area contributed by atoms with Crippen LogP contribution in [-0.2, 0) is 0 Å². The van der Waals surface area contributed by atoms with Crippen molar-refractivity contribution in [3.8, 4) is 11.8 Å². The summed E-state index contributed by atoms with van der Waals surface area (Å²) < 4.78 is 6.15. The van der Waals surface area contributed by atoms with Crippen LogP contribution >= 0.6 is 24.0 Å². The van der Waals surface area contributed by atoms with E-state index in [4.69, 9.17) is 10.00 Å². The largest absolute Gasteiger partial charge is 0.497 e. The summed E-state index contributed by atoms with van der Waals surface area (Å²) in [6.45, 7) is 0. The molecule has 0 spiro atoms. The Morgan fingerprint density at radius 2 is 2.21 bits per heavy atom. The van der Waals surface area contributed by atoms with E-state index in [-0.39, 0.29) is 0 Å². The molecule has 0 atom stereocenters. The van der Waals surface area contributed by atoms with Gasteiger partial charge in [-0.3, -0.25) is 0 Å². The molecule has 2 aromatic rings. The number of nitrogens with zero attached hydrogens (tertiary/aromatic N) is 1. The molecular formula is C10H7NOS2. The number of nitriles is 1. The molecule has 70 valence electrons. The quantitative estimate of drug-likeness (QED) is 0.751. The van der Waals surface area contributed by atoms with Crippen LogP contribution in [0.25, 0.3) is 10.1 Å². The Bertz CT molecular complexity index is 525. The number of fused-ring (bicyclic) bond motifs is 1. The number of methoxy groups -OCH3 is 1.